The molecule has 0 aliphatic carbocycles. The van der Waals surface area contributed by atoms with Crippen molar-refractivity contribution >= 4 is 39.5 Å². The van der Waals surface area contributed by atoms with Crippen LogP contribution in [0.3, 0.4) is 0 Å². The van der Waals surface area contributed by atoms with Gasteiger partial charge in [0.25, 0.3) is 5.69 Å². The van der Waals surface area contributed by atoms with E-state index in [2.05, 4.69) is 15.2 Å². The number of nitro groups is 1. The minimum Gasteiger partial charge on any atom is -0.327 e. The lowest BCUT2D eigenvalue weighted by molar-refractivity contribution is -0.384. The third-order valence-electron chi connectivity index (χ3n) is 3.74. The number of nitrogens with zero attached hydrogens (tertiary/aromatic N) is 5. The van der Waals surface area contributed by atoms with Gasteiger partial charge in [-0.15, -0.1) is 10.2 Å². The zero-order valence-corrected chi connectivity index (χ0v) is 13.4. The van der Waals surface area contributed by atoms with Crippen LogP contribution in [0.25, 0.3) is 22.1 Å². The van der Waals surface area contributed by atoms with Gasteiger partial charge in [-0.05, 0) is 30.0 Å². The first-order valence-electron chi connectivity index (χ1n) is 7.13. The number of hydrogen-bond acceptors (Lipinski definition) is 6. The maximum atomic E-state index is 10.7. The van der Waals surface area contributed by atoms with E-state index in [0.29, 0.717) is 5.16 Å². The third kappa shape index (κ3) is 2.37. The molecule has 24 heavy (non-hydrogen) atoms. The van der Waals surface area contributed by atoms with Crippen LogP contribution in [-0.2, 0) is 7.05 Å². The van der Waals surface area contributed by atoms with Crippen molar-refractivity contribution in [2.45, 2.75) is 10.1 Å². The van der Waals surface area contributed by atoms with Gasteiger partial charge < -0.3 is 4.57 Å². The smallest absolute Gasteiger partial charge is 0.269 e. The van der Waals surface area contributed by atoms with E-state index in [0.717, 1.165) is 27.0 Å². The topological polar surface area (TPSA) is 86.7 Å². The van der Waals surface area contributed by atoms with Gasteiger partial charge in [0.1, 0.15) is 5.52 Å². The molecule has 0 saturated heterocycles. The van der Waals surface area contributed by atoms with Crippen molar-refractivity contribution in [3.05, 3.63) is 58.6 Å². The fourth-order valence-electron chi connectivity index (χ4n) is 2.58. The monoisotopic (exact) mass is 337 g/mol. The van der Waals surface area contributed by atoms with Crippen LogP contribution in [0.15, 0.2) is 58.6 Å². The number of nitro benzene ring substituents is 1. The molecule has 0 spiro atoms. The van der Waals surface area contributed by atoms with Gasteiger partial charge in [0, 0.05) is 29.5 Å². The van der Waals surface area contributed by atoms with Crippen LogP contribution in [0.5, 0.6) is 0 Å². The highest BCUT2D eigenvalue weighted by Gasteiger charge is 2.13. The molecule has 0 unspecified atom stereocenters. The number of aromatic nitrogens is 4. The van der Waals surface area contributed by atoms with Crippen molar-refractivity contribution in [2.75, 3.05) is 0 Å². The van der Waals surface area contributed by atoms with E-state index in [1.54, 1.807) is 12.1 Å². The van der Waals surface area contributed by atoms with Crippen molar-refractivity contribution in [3.8, 4) is 0 Å². The number of rotatable bonds is 3. The van der Waals surface area contributed by atoms with Gasteiger partial charge >= 0.3 is 0 Å². The van der Waals surface area contributed by atoms with E-state index in [1.807, 2.05) is 35.9 Å². The summed E-state index contributed by atoms with van der Waals surface area (Å²) in [6.45, 7) is 0. The Labute approximate surface area is 140 Å². The Morgan fingerprint density at radius 1 is 1.08 bits per heavy atom. The van der Waals surface area contributed by atoms with E-state index < -0.39 is 4.92 Å². The molecule has 0 saturated carbocycles. The summed E-state index contributed by atoms with van der Waals surface area (Å²) in [5.74, 6) is 0. The molecule has 0 bridgehead atoms. The van der Waals surface area contributed by atoms with E-state index in [1.165, 1.54) is 23.9 Å². The van der Waals surface area contributed by atoms with Crippen molar-refractivity contribution in [1.29, 1.82) is 0 Å². The molecule has 0 N–H and O–H groups in total. The van der Waals surface area contributed by atoms with E-state index in [-0.39, 0.29) is 5.69 Å². The highest BCUT2D eigenvalue weighted by atomic mass is 32.2. The normalized spacial score (nSPS) is 11.2. The fourth-order valence-corrected chi connectivity index (χ4v) is 3.27. The second-order valence-corrected chi connectivity index (χ2v) is 6.24. The highest BCUT2D eigenvalue weighted by Crippen LogP contribution is 2.29. The van der Waals surface area contributed by atoms with Gasteiger partial charge in [0.05, 0.1) is 10.4 Å². The molecule has 0 atom stereocenters. The van der Waals surface area contributed by atoms with Gasteiger partial charge in [-0.25, -0.2) is 4.98 Å². The van der Waals surface area contributed by atoms with Gasteiger partial charge in [0.15, 0.2) is 5.65 Å². The Hall–Kier alpha value is -3.00. The summed E-state index contributed by atoms with van der Waals surface area (Å²) < 4.78 is 1.99. The van der Waals surface area contributed by atoms with Crippen LogP contribution in [0.1, 0.15) is 0 Å². The Morgan fingerprint density at radius 3 is 2.58 bits per heavy atom. The fraction of sp³-hybridized carbons (Fsp3) is 0.0625. The number of benzene rings is 2. The average molecular weight is 337 g/mol. The predicted octanol–water partition coefficient (Wildman–Crippen LogP) is 3.58. The second kappa shape index (κ2) is 5.57. The van der Waals surface area contributed by atoms with Crippen molar-refractivity contribution in [3.63, 3.8) is 0 Å². The summed E-state index contributed by atoms with van der Waals surface area (Å²) in [5.41, 5.74) is 2.63. The summed E-state index contributed by atoms with van der Waals surface area (Å²) in [6, 6.07) is 14.2. The van der Waals surface area contributed by atoms with Crippen LogP contribution in [-0.4, -0.2) is 24.7 Å². The lowest BCUT2D eigenvalue weighted by atomic mass is 10.2. The number of fused-ring (bicyclic) bond motifs is 3. The van der Waals surface area contributed by atoms with Crippen LogP contribution >= 0.6 is 11.8 Å². The average Bonchev–Trinajstić information content (AvgIpc) is 2.88. The Morgan fingerprint density at radius 2 is 1.83 bits per heavy atom. The maximum Gasteiger partial charge on any atom is 0.269 e. The summed E-state index contributed by atoms with van der Waals surface area (Å²) in [5, 5.41) is 20.7. The number of hydrogen-bond donors (Lipinski definition) is 0. The summed E-state index contributed by atoms with van der Waals surface area (Å²) in [7, 11) is 1.94. The first-order chi connectivity index (χ1) is 11.6. The van der Waals surface area contributed by atoms with Gasteiger partial charge in [0.2, 0.25) is 5.16 Å². The number of para-hydroxylation sites is 1. The predicted molar refractivity (Wildman–Crippen MR) is 91.0 cm³/mol. The first kappa shape index (κ1) is 14.6. The standard InChI is InChI=1S/C16H11N5O2S/c1-20-13-5-3-2-4-12(13)14-15(20)17-16(19-18-14)24-11-8-6-10(7-9-11)21(22)23/h2-9H,1H3. The van der Waals surface area contributed by atoms with E-state index in [9.17, 15) is 10.1 Å². The molecule has 7 nitrogen and oxygen atoms in total. The summed E-state index contributed by atoms with van der Waals surface area (Å²) in [6.07, 6.45) is 0. The Balaban J connectivity index is 1.73. The molecule has 0 aliphatic heterocycles. The number of non-ortho nitro benzene ring substituents is 1. The summed E-state index contributed by atoms with van der Waals surface area (Å²) >= 11 is 1.32. The Kier molecular flexibility index (Phi) is 3.39. The molecule has 0 amide bonds. The lowest BCUT2D eigenvalue weighted by Gasteiger charge is -2.00. The molecule has 2 heterocycles. The summed E-state index contributed by atoms with van der Waals surface area (Å²) in [4.78, 5) is 15.7. The molecule has 0 fully saturated rings. The highest BCUT2D eigenvalue weighted by molar-refractivity contribution is 7.99. The molecule has 8 heteroatoms. The lowest BCUT2D eigenvalue weighted by Crippen LogP contribution is -1.95. The molecule has 2 aromatic carbocycles. The molecule has 118 valence electrons. The molecule has 0 aliphatic rings. The van der Waals surface area contributed by atoms with Gasteiger partial charge in [-0.2, -0.15) is 0 Å². The second-order valence-electron chi connectivity index (χ2n) is 5.20. The Bertz CT molecular complexity index is 1080. The van der Waals surface area contributed by atoms with Crippen molar-refractivity contribution in [1.82, 2.24) is 19.7 Å². The molecular weight excluding hydrogens is 326 g/mol. The molecule has 4 rings (SSSR count). The van der Waals surface area contributed by atoms with E-state index in [4.69, 9.17) is 0 Å². The zero-order valence-electron chi connectivity index (χ0n) is 12.6. The molecule has 2 aromatic heterocycles. The SMILES string of the molecule is Cn1c2ccccc2c2nnc(Sc3ccc([N+](=O)[O-])cc3)nc21. The maximum absolute atomic E-state index is 10.7. The molecule has 4 aromatic rings. The van der Waals surface area contributed by atoms with Crippen LogP contribution in [0.4, 0.5) is 5.69 Å². The van der Waals surface area contributed by atoms with Gasteiger partial charge in [-0.1, -0.05) is 18.2 Å². The molecular formula is C16H11N5O2S. The number of aryl methyl sites for hydroxylation is 1. The van der Waals surface area contributed by atoms with Crippen molar-refractivity contribution < 1.29 is 4.92 Å². The van der Waals surface area contributed by atoms with Crippen LogP contribution in [0.2, 0.25) is 0 Å². The van der Waals surface area contributed by atoms with E-state index >= 15 is 0 Å². The third-order valence-corrected chi connectivity index (χ3v) is 4.61. The molecule has 0 radical (unpaired) electrons. The van der Waals surface area contributed by atoms with Gasteiger partial charge in [-0.3, -0.25) is 10.1 Å². The van der Waals surface area contributed by atoms with Crippen LogP contribution in [0, 0.1) is 10.1 Å². The largest absolute Gasteiger partial charge is 0.327 e. The minimum absolute atomic E-state index is 0.0579. The zero-order chi connectivity index (χ0) is 16.7. The van der Waals surface area contributed by atoms with Crippen LogP contribution < -0.4 is 0 Å². The first-order valence-corrected chi connectivity index (χ1v) is 7.95. The van der Waals surface area contributed by atoms with Crippen molar-refractivity contribution in [2.24, 2.45) is 7.05 Å². The quantitative estimate of drug-likeness (QED) is 0.419. The minimum atomic E-state index is -0.423.